The summed E-state index contributed by atoms with van der Waals surface area (Å²) in [6.07, 6.45) is 1.85. The summed E-state index contributed by atoms with van der Waals surface area (Å²) >= 11 is 1.66. The standard InChI is InChI=1S/C10H12N2OS/c11-12-4-5-14-10(12)9-3-1-2-8(6-9)7-13/h1-6,10,13H,7,11H2. The number of rotatable bonds is 2. The van der Waals surface area contributed by atoms with Crippen LogP contribution < -0.4 is 5.84 Å². The molecule has 0 bridgehead atoms. The van der Waals surface area contributed by atoms with Crippen LogP contribution in [-0.2, 0) is 6.61 Å². The fourth-order valence-electron chi connectivity index (χ4n) is 1.42. The molecule has 0 spiro atoms. The van der Waals surface area contributed by atoms with Gasteiger partial charge in [-0.15, -0.1) is 11.8 Å². The number of hydrazine groups is 1. The van der Waals surface area contributed by atoms with E-state index in [-0.39, 0.29) is 12.0 Å². The summed E-state index contributed by atoms with van der Waals surface area (Å²) in [7, 11) is 0. The maximum absolute atomic E-state index is 9.00. The lowest BCUT2D eigenvalue weighted by Crippen LogP contribution is -2.25. The van der Waals surface area contributed by atoms with Gasteiger partial charge in [-0.3, -0.25) is 5.01 Å². The highest BCUT2D eigenvalue weighted by Gasteiger charge is 2.18. The highest BCUT2D eigenvalue weighted by atomic mass is 32.2. The van der Waals surface area contributed by atoms with Gasteiger partial charge >= 0.3 is 0 Å². The third kappa shape index (κ3) is 1.77. The topological polar surface area (TPSA) is 49.5 Å². The monoisotopic (exact) mass is 208 g/mol. The molecule has 4 heteroatoms. The minimum absolute atomic E-state index is 0.0726. The summed E-state index contributed by atoms with van der Waals surface area (Å²) in [6.45, 7) is 0.0726. The van der Waals surface area contributed by atoms with Gasteiger partial charge in [0.15, 0.2) is 0 Å². The van der Waals surface area contributed by atoms with Crippen molar-refractivity contribution in [2.24, 2.45) is 5.84 Å². The van der Waals surface area contributed by atoms with Gasteiger partial charge in [0, 0.05) is 6.20 Å². The largest absolute Gasteiger partial charge is 0.392 e. The van der Waals surface area contributed by atoms with Crippen molar-refractivity contribution in [3.8, 4) is 0 Å². The predicted molar refractivity (Wildman–Crippen MR) is 57.9 cm³/mol. The van der Waals surface area contributed by atoms with Crippen LogP contribution in [0.25, 0.3) is 0 Å². The zero-order chi connectivity index (χ0) is 9.97. The van der Waals surface area contributed by atoms with Crippen molar-refractivity contribution in [3.63, 3.8) is 0 Å². The van der Waals surface area contributed by atoms with Gasteiger partial charge in [0.2, 0.25) is 0 Å². The summed E-state index contributed by atoms with van der Waals surface area (Å²) < 4.78 is 0. The molecule has 1 aliphatic rings. The molecule has 0 radical (unpaired) electrons. The lowest BCUT2D eigenvalue weighted by Gasteiger charge is -2.19. The number of aliphatic hydroxyl groups excluding tert-OH is 1. The van der Waals surface area contributed by atoms with E-state index in [0.717, 1.165) is 11.1 Å². The van der Waals surface area contributed by atoms with Crippen LogP contribution in [0.5, 0.6) is 0 Å². The second kappa shape index (κ2) is 4.04. The predicted octanol–water partition coefficient (Wildman–Crippen LogP) is 1.57. The number of benzene rings is 1. The highest BCUT2D eigenvalue weighted by Crippen LogP contribution is 2.36. The Morgan fingerprint density at radius 3 is 3.00 bits per heavy atom. The number of nitrogens with zero attached hydrogens (tertiary/aromatic N) is 1. The average molecular weight is 208 g/mol. The van der Waals surface area contributed by atoms with E-state index in [4.69, 9.17) is 10.9 Å². The van der Waals surface area contributed by atoms with Gasteiger partial charge in [0.05, 0.1) is 6.61 Å². The minimum Gasteiger partial charge on any atom is -0.392 e. The maximum atomic E-state index is 9.00. The second-order valence-electron chi connectivity index (χ2n) is 3.12. The van der Waals surface area contributed by atoms with E-state index in [9.17, 15) is 0 Å². The molecule has 1 heterocycles. The summed E-state index contributed by atoms with van der Waals surface area (Å²) in [4.78, 5) is 0. The minimum atomic E-state index is 0.0726. The average Bonchev–Trinajstić information content (AvgIpc) is 2.65. The molecular weight excluding hydrogens is 196 g/mol. The SMILES string of the molecule is NN1C=CSC1c1cccc(CO)c1. The fraction of sp³-hybridized carbons (Fsp3) is 0.200. The van der Waals surface area contributed by atoms with Gasteiger partial charge in [-0.2, -0.15) is 0 Å². The second-order valence-corrected chi connectivity index (χ2v) is 4.11. The number of thioether (sulfide) groups is 1. The van der Waals surface area contributed by atoms with E-state index in [1.54, 1.807) is 16.8 Å². The molecule has 0 saturated heterocycles. The molecule has 0 saturated carbocycles. The Balaban J connectivity index is 2.23. The molecule has 1 unspecified atom stereocenters. The van der Waals surface area contributed by atoms with Crippen molar-refractivity contribution in [2.75, 3.05) is 0 Å². The number of hydrogen-bond donors (Lipinski definition) is 2. The van der Waals surface area contributed by atoms with Crippen LogP contribution in [0.2, 0.25) is 0 Å². The van der Waals surface area contributed by atoms with Gasteiger partial charge in [0.25, 0.3) is 0 Å². The fourth-order valence-corrected chi connectivity index (χ4v) is 2.30. The third-order valence-corrected chi connectivity index (χ3v) is 3.18. The van der Waals surface area contributed by atoms with Gasteiger partial charge in [0.1, 0.15) is 5.37 Å². The van der Waals surface area contributed by atoms with Crippen molar-refractivity contribution in [2.45, 2.75) is 12.0 Å². The van der Waals surface area contributed by atoms with Crippen LogP contribution in [0.3, 0.4) is 0 Å². The summed E-state index contributed by atoms with van der Waals surface area (Å²) in [5.41, 5.74) is 2.04. The van der Waals surface area contributed by atoms with Crippen molar-refractivity contribution in [1.29, 1.82) is 0 Å². The van der Waals surface area contributed by atoms with E-state index in [0.29, 0.717) is 0 Å². The van der Waals surface area contributed by atoms with Crippen molar-refractivity contribution in [1.82, 2.24) is 5.01 Å². The zero-order valence-electron chi connectivity index (χ0n) is 7.63. The van der Waals surface area contributed by atoms with Gasteiger partial charge in [-0.05, 0) is 16.5 Å². The van der Waals surface area contributed by atoms with Crippen molar-refractivity contribution in [3.05, 3.63) is 47.0 Å². The molecule has 0 aliphatic carbocycles. The smallest absolute Gasteiger partial charge is 0.119 e. The Hall–Kier alpha value is -0.970. The zero-order valence-corrected chi connectivity index (χ0v) is 8.45. The Bertz CT molecular complexity index is 354. The molecule has 0 fully saturated rings. The molecule has 2 rings (SSSR count). The maximum Gasteiger partial charge on any atom is 0.119 e. The molecule has 0 amide bonds. The third-order valence-electron chi connectivity index (χ3n) is 2.13. The van der Waals surface area contributed by atoms with Gasteiger partial charge in [-0.1, -0.05) is 24.3 Å². The number of hydrogen-bond acceptors (Lipinski definition) is 4. The van der Waals surface area contributed by atoms with Crippen LogP contribution in [0.15, 0.2) is 35.9 Å². The van der Waals surface area contributed by atoms with Crippen LogP contribution in [0.4, 0.5) is 0 Å². The summed E-state index contributed by atoms with van der Waals surface area (Å²) in [6, 6.07) is 7.83. The first-order valence-electron chi connectivity index (χ1n) is 4.36. The van der Waals surface area contributed by atoms with Crippen LogP contribution in [0, 0.1) is 0 Å². The first-order valence-corrected chi connectivity index (χ1v) is 5.30. The molecule has 74 valence electrons. The molecule has 3 N–H and O–H groups in total. The number of aliphatic hydroxyl groups is 1. The van der Waals surface area contributed by atoms with Crippen LogP contribution >= 0.6 is 11.8 Å². The Kier molecular flexibility index (Phi) is 2.77. The van der Waals surface area contributed by atoms with E-state index in [1.807, 2.05) is 35.9 Å². The lowest BCUT2D eigenvalue weighted by atomic mass is 10.1. The molecule has 1 aromatic carbocycles. The Labute approximate surface area is 87.2 Å². The van der Waals surface area contributed by atoms with Crippen LogP contribution in [0.1, 0.15) is 16.5 Å². The summed E-state index contributed by atoms with van der Waals surface area (Å²) in [5.74, 6) is 5.77. The quantitative estimate of drug-likeness (QED) is 0.724. The number of nitrogens with two attached hydrogens (primary N) is 1. The lowest BCUT2D eigenvalue weighted by molar-refractivity contribution is 0.281. The molecule has 1 aromatic rings. The molecule has 1 atom stereocenters. The molecule has 0 aromatic heterocycles. The van der Waals surface area contributed by atoms with E-state index < -0.39 is 0 Å². The van der Waals surface area contributed by atoms with E-state index in [1.165, 1.54) is 0 Å². The first kappa shape index (κ1) is 9.58. The highest BCUT2D eigenvalue weighted by molar-refractivity contribution is 8.02. The molecule has 1 aliphatic heterocycles. The molecule has 3 nitrogen and oxygen atoms in total. The van der Waals surface area contributed by atoms with Crippen LogP contribution in [-0.4, -0.2) is 10.1 Å². The van der Waals surface area contributed by atoms with Crippen molar-refractivity contribution < 1.29 is 5.11 Å². The Morgan fingerprint density at radius 1 is 1.50 bits per heavy atom. The Morgan fingerprint density at radius 2 is 2.36 bits per heavy atom. The molecule has 14 heavy (non-hydrogen) atoms. The summed E-state index contributed by atoms with van der Waals surface area (Å²) in [5, 5.41) is 12.8. The first-order chi connectivity index (χ1) is 6.81. The van der Waals surface area contributed by atoms with Gasteiger partial charge < -0.3 is 5.11 Å². The molecular formula is C10H12N2OS. The van der Waals surface area contributed by atoms with Crippen molar-refractivity contribution >= 4 is 11.8 Å². The normalized spacial score (nSPS) is 20.4. The van der Waals surface area contributed by atoms with Gasteiger partial charge in [-0.25, -0.2) is 5.84 Å². The van der Waals surface area contributed by atoms with E-state index in [2.05, 4.69) is 0 Å². The van der Waals surface area contributed by atoms with E-state index >= 15 is 0 Å².